The zero-order valence-electron chi connectivity index (χ0n) is 4.39. The molecule has 0 saturated heterocycles. The van der Waals surface area contributed by atoms with Gasteiger partial charge in [0.2, 0.25) is 0 Å². The Hall–Kier alpha value is 1.84. The van der Waals surface area contributed by atoms with E-state index in [4.69, 9.17) is 0 Å². The standard InChI is InChI=1S/3BrH.Ga.6N/h3*1H;;;;;;;/q;;;+3;;;;;;/p-3. The predicted octanol–water partition coefficient (Wildman–Crippen LogP) is -12.3. The van der Waals surface area contributed by atoms with Gasteiger partial charge in [0.05, 0.1) is 0 Å². The van der Waals surface area contributed by atoms with E-state index in [0.29, 0.717) is 0 Å². The molecule has 0 bridgehead atoms. The van der Waals surface area contributed by atoms with E-state index < -0.39 is 0 Å². The Kier molecular flexibility index (Phi) is 12800. The molecule has 0 rings (SSSR count). The molecule has 0 atom stereocenters. The largest absolute Gasteiger partial charge is 3.00 e. The average molecular weight is 393 g/mol. The zero-order valence-corrected chi connectivity index (χ0v) is 11.6. The molecule has 0 fully saturated rings. The summed E-state index contributed by atoms with van der Waals surface area (Å²) in [5.41, 5.74) is 0. The second-order valence-electron chi connectivity index (χ2n) is 0. The molecule has 0 heterocycles. The van der Waals surface area contributed by atoms with Crippen molar-refractivity contribution >= 4 is 19.8 Å². The van der Waals surface area contributed by atoms with Crippen molar-refractivity contribution in [2.45, 2.75) is 0 Å². The van der Waals surface area contributed by atoms with Gasteiger partial charge in [-0.1, -0.05) is 0 Å². The maximum atomic E-state index is 0. The topological polar surface area (TPSA) is 183 Å². The molecular formula is Br3GaN6. The van der Waals surface area contributed by atoms with Gasteiger partial charge < -0.3 is 50.9 Å². The summed E-state index contributed by atoms with van der Waals surface area (Å²) in [4.78, 5) is 0. The van der Waals surface area contributed by atoms with Crippen LogP contribution in [0.15, 0.2) is 0 Å². The van der Waals surface area contributed by atoms with Gasteiger partial charge >= 0.3 is 19.8 Å². The maximum absolute atomic E-state index is 0. The molecule has 54 valence electrons. The van der Waals surface area contributed by atoms with Crippen LogP contribution in [-0.2, 0) is 0 Å². The van der Waals surface area contributed by atoms with Crippen LogP contribution < -0.4 is 87.8 Å². The van der Waals surface area contributed by atoms with Crippen LogP contribution in [0.2, 0.25) is 0 Å². The monoisotopic (exact) mass is 390 g/mol. The average Bonchev–Trinajstić information content (AvgIpc) is 0. The zero-order chi connectivity index (χ0) is 0. The molecule has 0 aromatic heterocycles. The van der Waals surface area contributed by atoms with Crippen molar-refractivity contribution < 1.29 is 50.9 Å². The Morgan fingerprint density at radius 2 is 0.300 bits per heavy atom. The van der Waals surface area contributed by atoms with Crippen LogP contribution in [0.5, 0.6) is 0 Å². The Bertz CT molecular complexity index is 13.0. The summed E-state index contributed by atoms with van der Waals surface area (Å²) in [6.45, 7) is 0. The predicted molar refractivity (Wildman–Crippen MR) is 18.6 cm³/mol. The van der Waals surface area contributed by atoms with E-state index in [1.807, 2.05) is 0 Å². The second-order valence-corrected chi connectivity index (χ2v) is 0. The normalized spacial score (nSPS) is 0. The van der Waals surface area contributed by atoms with Crippen molar-refractivity contribution in [3.8, 4) is 0 Å². The molecule has 0 spiro atoms. The van der Waals surface area contributed by atoms with Crippen LogP contribution in [0.4, 0.5) is 0 Å². The van der Waals surface area contributed by atoms with Gasteiger partial charge in [0.25, 0.3) is 0 Å². The summed E-state index contributed by atoms with van der Waals surface area (Å²) in [5, 5.41) is 0. The van der Waals surface area contributed by atoms with Crippen molar-refractivity contribution in [2.24, 2.45) is 0 Å². The fraction of sp³-hybridized carbons (Fsp3) is 0. The van der Waals surface area contributed by atoms with Crippen LogP contribution >= 0.6 is 0 Å². The van der Waals surface area contributed by atoms with Crippen LogP contribution in [0, 0.1) is 0 Å². The minimum Gasteiger partial charge on any atom is -1.00 e. The Balaban J connectivity index is 0. The second kappa shape index (κ2) is 311. The molecule has 0 N–H and O–H groups in total. The molecule has 0 aliphatic rings. The maximum Gasteiger partial charge on any atom is 3.00 e. The SMILES string of the molecule is [Br-].[Br-].[Br-].[Ga+3].[N].[N].[N].[N].[N].[N]. The van der Waals surface area contributed by atoms with Crippen molar-refractivity contribution in [2.75, 3.05) is 0 Å². The first kappa shape index (κ1) is 412. The first-order valence-electron chi connectivity index (χ1n) is 0. The van der Waals surface area contributed by atoms with Gasteiger partial charge in [-0.15, -0.1) is 0 Å². The van der Waals surface area contributed by atoms with Gasteiger partial charge in [0, 0.05) is 36.9 Å². The van der Waals surface area contributed by atoms with E-state index in [-0.39, 0.29) is 108 Å². The number of hydrogen-bond acceptors (Lipinski definition) is 0. The third kappa shape index (κ3) is 228. The quantitative estimate of drug-likeness (QED) is 0.354. The minimum atomic E-state index is 0. The first-order chi connectivity index (χ1) is 0. The van der Waals surface area contributed by atoms with E-state index in [2.05, 4.69) is 0 Å². The molecule has 0 aliphatic heterocycles. The smallest absolute Gasteiger partial charge is 1.00 e. The summed E-state index contributed by atoms with van der Waals surface area (Å²) >= 11 is 0. The molecule has 6 nitrogen and oxygen atoms in total. The van der Waals surface area contributed by atoms with Crippen LogP contribution in [0.3, 0.4) is 0 Å². The van der Waals surface area contributed by atoms with Gasteiger partial charge in [-0.3, -0.25) is 0 Å². The summed E-state index contributed by atoms with van der Waals surface area (Å²) in [6.07, 6.45) is 0. The van der Waals surface area contributed by atoms with Crippen molar-refractivity contribution in [1.29, 1.82) is 0 Å². The molecule has 10 heavy (non-hydrogen) atoms. The van der Waals surface area contributed by atoms with Gasteiger partial charge in [-0.05, 0) is 0 Å². The van der Waals surface area contributed by atoms with E-state index in [0.717, 1.165) is 0 Å². The van der Waals surface area contributed by atoms with Gasteiger partial charge in [0.15, 0.2) is 0 Å². The first-order valence-corrected chi connectivity index (χ1v) is 0. The van der Waals surface area contributed by atoms with Crippen LogP contribution in [0.1, 0.15) is 0 Å². The van der Waals surface area contributed by atoms with Gasteiger partial charge in [0.1, 0.15) is 0 Å². The fourth-order valence-electron chi connectivity index (χ4n) is 0. The summed E-state index contributed by atoms with van der Waals surface area (Å²) in [6, 6.07) is 0. The Morgan fingerprint density at radius 3 is 0.300 bits per heavy atom. The van der Waals surface area contributed by atoms with Crippen molar-refractivity contribution in [3.05, 3.63) is 0 Å². The van der Waals surface area contributed by atoms with Gasteiger partial charge in [-0.2, -0.15) is 0 Å². The molecule has 0 aromatic carbocycles. The van der Waals surface area contributed by atoms with E-state index in [1.54, 1.807) is 0 Å². The molecule has 0 aromatic rings. The minimum absolute atomic E-state index is 0. The van der Waals surface area contributed by atoms with Crippen molar-refractivity contribution in [3.63, 3.8) is 0 Å². The molecule has 18 radical (unpaired) electrons. The molecule has 10 heteroatoms. The van der Waals surface area contributed by atoms with E-state index in [9.17, 15) is 0 Å². The number of rotatable bonds is 0. The fourth-order valence-corrected chi connectivity index (χ4v) is 0. The number of nitrogens with zero attached hydrogens (tertiary/aromatic N) is 6. The Labute approximate surface area is 107 Å². The summed E-state index contributed by atoms with van der Waals surface area (Å²) in [5.74, 6) is 0. The van der Waals surface area contributed by atoms with Crippen molar-refractivity contribution in [1.82, 2.24) is 36.9 Å². The van der Waals surface area contributed by atoms with Crippen LogP contribution in [0.25, 0.3) is 0 Å². The number of halogens is 3. The molecule has 0 amide bonds. The van der Waals surface area contributed by atoms with E-state index >= 15 is 0 Å². The third-order valence-corrected chi connectivity index (χ3v) is 0. The molecular weight excluding hydrogens is 393 g/mol. The number of hydrogen-bond donors (Lipinski definition) is 0. The third-order valence-electron chi connectivity index (χ3n) is 0. The van der Waals surface area contributed by atoms with Gasteiger partial charge in [-0.25, -0.2) is 0 Å². The molecule has 0 aliphatic carbocycles. The summed E-state index contributed by atoms with van der Waals surface area (Å²) < 4.78 is 0. The Morgan fingerprint density at radius 1 is 0.300 bits per heavy atom. The van der Waals surface area contributed by atoms with E-state index in [1.165, 1.54) is 0 Å². The summed E-state index contributed by atoms with van der Waals surface area (Å²) in [7, 11) is 0. The molecule has 0 unspecified atom stereocenters. The van der Waals surface area contributed by atoms with Crippen LogP contribution in [-0.4, -0.2) is 19.8 Å². The molecule has 0 saturated carbocycles.